The molecule has 1 aromatic rings. The van der Waals surface area contributed by atoms with Crippen molar-refractivity contribution in [1.82, 2.24) is 0 Å². The molecule has 0 amide bonds. The van der Waals surface area contributed by atoms with Crippen LogP contribution in [0.5, 0.6) is 0 Å². The molecule has 1 rings (SSSR count). The normalized spacial score (nSPS) is 11.8. The van der Waals surface area contributed by atoms with Crippen molar-refractivity contribution < 1.29 is 4.74 Å². The number of rotatable bonds is 8. The molecule has 0 fully saturated rings. The Hall–Kier alpha value is -0.561. The van der Waals surface area contributed by atoms with Gasteiger partial charge in [0.2, 0.25) is 0 Å². The Balaban J connectivity index is 2.49. The topological polar surface area (TPSA) is 9.23 Å². The number of hydrogen-bond donors (Lipinski definition) is 0. The molecule has 0 heterocycles. The van der Waals surface area contributed by atoms with Gasteiger partial charge in [0.25, 0.3) is 0 Å². The number of ether oxygens (including phenoxy) is 1. The summed E-state index contributed by atoms with van der Waals surface area (Å²) in [5, 5.41) is 0. The molecule has 1 nitrogen and oxygen atoms in total. The molecule has 0 aliphatic rings. The van der Waals surface area contributed by atoms with Crippen molar-refractivity contribution in [3.63, 3.8) is 0 Å². The van der Waals surface area contributed by atoms with E-state index in [1.165, 1.54) is 29.3 Å². The van der Waals surface area contributed by atoms with Crippen LogP contribution in [0.25, 0.3) is 0 Å². The van der Waals surface area contributed by atoms with Crippen molar-refractivity contribution in [3.05, 3.63) is 40.9 Å². The second-order valence-electron chi connectivity index (χ2n) is 3.95. The van der Waals surface area contributed by atoms with Gasteiger partial charge in [0, 0.05) is 0 Å². The van der Waals surface area contributed by atoms with Crippen molar-refractivity contribution in [2.75, 3.05) is 13.2 Å². The van der Waals surface area contributed by atoms with Crippen LogP contribution in [0.1, 0.15) is 33.1 Å². The van der Waals surface area contributed by atoms with Crippen molar-refractivity contribution in [3.8, 4) is 0 Å². The molecule has 2 heteroatoms. The van der Waals surface area contributed by atoms with Gasteiger partial charge < -0.3 is 0 Å². The molecule has 0 bridgehead atoms. The van der Waals surface area contributed by atoms with Crippen LogP contribution in [-0.2, 0) is 4.74 Å². The Kier molecular flexibility index (Phi) is 8.08. The van der Waals surface area contributed by atoms with Gasteiger partial charge in [-0.3, -0.25) is 0 Å². The number of hydrogen-bond acceptors (Lipinski definition) is 1. The summed E-state index contributed by atoms with van der Waals surface area (Å²) >= 11 is 0.446. The van der Waals surface area contributed by atoms with Crippen molar-refractivity contribution in [2.45, 2.75) is 33.1 Å². The first kappa shape index (κ1) is 14.5. The second kappa shape index (κ2) is 9.47. The van der Waals surface area contributed by atoms with Gasteiger partial charge in [-0.15, -0.1) is 0 Å². The number of unbranched alkanes of at least 4 members (excludes halogenated alkanes) is 1. The summed E-state index contributed by atoms with van der Waals surface area (Å²) in [6.45, 7) is 5.91. The fourth-order valence-corrected chi connectivity index (χ4v) is 3.14. The van der Waals surface area contributed by atoms with E-state index in [2.05, 4.69) is 49.2 Å². The van der Waals surface area contributed by atoms with E-state index in [-0.39, 0.29) is 0 Å². The van der Waals surface area contributed by atoms with Gasteiger partial charge in [-0.05, 0) is 0 Å². The van der Waals surface area contributed by atoms with Crippen LogP contribution in [0.15, 0.2) is 40.9 Å². The van der Waals surface area contributed by atoms with E-state index in [0.29, 0.717) is 15.0 Å². The summed E-state index contributed by atoms with van der Waals surface area (Å²) in [6, 6.07) is 10.7. The summed E-state index contributed by atoms with van der Waals surface area (Å²) in [7, 11) is 0. The monoisotopic (exact) mass is 298 g/mol. The molecular weight excluding hydrogens is 275 g/mol. The summed E-state index contributed by atoms with van der Waals surface area (Å²) in [5.74, 6) is 0. The van der Waals surface area contributed by atoms with Crippen LogP contribution in [-0.4, -0.2) is 28.2 Å². The molecule has 0 saturated heterocycles. The molecule has 0 radical (unpaired) electrons. The Bertz CT molecular complexity index is 309. The third-order valence-electron chi connectivity index (χ3n) is 2.45. The maximum absolute atomic E-state index is 5.52. The molecule has 0 aliphatic heterocycles. The number of benzene rings is 1. The predicted octanol–water partition coefficient (Wildman–Crippen LogP) is 3.13. The third-order valence-corrected chi connectivity index (χ3v) is 4.54. The van der Waals surface area contributed by atoms with E-state index in [9.17, 15) is 0 Å². The summed E-state index contributed by atoms with van der Waals surface area (Å²) < 4.78 is 6.96. The SMILES string of the molecule is CCCC/C(=C\[Se]c1ccccc1)COCC. The Labute approximate surface area is 111 Å². The van der Waals surface area contributed by atoms with E-state index in [4.69, 9.17) is 4.74 Å². The van der Waals surface area contributed by atoms with Gasteiger partial charge in [0.05, 0.1) is 0 Å². The minimum atomic E-state index is 0.446. The fourth-order valence-electron chi connectivity index (χ4n) is 1.45. The molecule has 0 N–H and O–H groups in total. The third kappa shape index (κ3) is 6.68. The first-order valence-corrected chi connectivity index (χ1v) is 8.18. The molecule has 17 heavy (non-hydrogen) atoms. The predicted molar refractivity (Wildman–Crippen MR) is 75.9 cm³/mol. The fraction of sp³-hybridized carbons (Fsp3) is 0.467. The van der Waals surface area contributed by atoms with Crippen LogP contribution in [0, 0.1) is 0 Å². The van der Waals surface area contributed by atoms with Crippen molar-refractivity contribution >= 4 is 19.4 Å². The Morgan fingerprint density at radius 3 is 2.65 bits per heavy atom. The maximum atomic E-state index is 5.52. The van der Waals surface area contributed by atoms with Gasteiger partial charge >= 0.3 is 111 Å². The zero-order valence-electron chi connectivity index (χ0n) is 10.8. The van der Waals surface area contributed by atoms with Crippen LogP contribution in [0.3, 0.4) is 0 Å². The molecule has 0 atom stereocenters. The van der Waals surface area contributed by atoms with E-state index in [1.807, 2.05) is 0 Å². The van der Waals surface area contributed by atoms with Crippen LogP contribution in [0.4, 0.5) is 0 Å². The minimum absolute atomic E-state index is 0.446. The van der Waals surface area contributed by atoms with E-state index < -0.39 is 0 Å². The Morgan fingerprint density at radius 1 is 1.24 bits per heavy atom. The summed E-state index contributed by atoms with van der Waals surface area (Å²) in [4.78, 5) is 2.40. The summed E-state index contributed by atoms with van der Waals surface area (Å²) in [5.41, 5.74) is 1.47. The standard InChI is InChI=1S/C15H22OSe/c1-3-5-9-14(12-16-4-2)13-17-15-10-7-6-8-11-15/h6-8,10-11,13H,3-5,9,12H2,1-2H3/b14-13+. The molecule has 94 valence electrons. The molecule has 0 saturated carbocycles. The Morgan fingerprint density at radius 2 is 2.00 bits per heavy atom. The quantitative estimate of drug-likeness (QED) is 0.670. The van der Waals surface area contributed by atoms with Crippen molar-refractivity contribution in [1.29, 1.82) is 0 Å². The van der Waals surface area contributed by atoms with Crippen LogP contribution in [0.2, 0.25) is 0 Å². The van der Waals surface area contributed by atoms with Gasteiger partial charge in [-0.1, -0.05) is 0 Å². The molecule has 0 spiro atoms. The summed E-state index contributed by atoms with van der Waals surface area (Å²) in [6.07, 6.45) is 3.71. The zero-order valence-corrected chi connectivity index (χ0v) is 12.5. The van der Waals surface area contributed by atoms with Gasteiger partial charge in [0.1, 0.15) is 0 Å². The van der Waals surface area contributed by atoms with Gasteiger partial charge in [-0.25, -0.2) is 0 Å². The molecule has 1 aromatic carbocycles. The molecule has 0 aromatic heterocycles. The first-order chi connectivity index (χ1) is 8.36. The second-order valence-corrected chi connectivity index (χ2v) is 5.93. The van der Waals surface area contributed by atoms with Gasteiger partial charge in [0.15, 0.2) is 0 Å². The van der Waals surface area contributed by atoms with E-state index in [0.717, 1.165) is 13.2 Å². The van der Waals surface area contributed by atoms with Crippen molar-refractivity contribution in [2.24, 2.45) is 0 Å². The molecular formula is C15H22OSe. The first-order valence-electron chi connectivity index (χ1n) is 6.34. The molecule has 0 unspecified atom stereocenters. The zero-order chi connectivity index (χ0) is 12.3. The van der Waals surface area contributed by atoms with Crippen LogP contribution >= 0.6 is 0 Å². The average Bonchev–Trinajstić information content (AvgIpc) is 2.39. The van der Waals surface area contributed by atoms with Gasteiger partial charge in [-0.2, -0.15) is 0 Å². The van der Waals surface area contributed by atoms with Crippen LogP contribution < -0.4 is 4.46 Å². The van der Waals surface area contributed by atoms with E-state index >= 15 is 0 Å². The average molecular weight is 297 g/mol. The van der Waals surface area contributed by atoms with E-state index in [1.54, 1.807) is 0 Å². The molecule has 0 aliphatic carbocycles.